The van der Waals surface area contributed by atoms with Gasteiger partial charge in [0.25, 0.3) is 5.56 Å². The highest BCUT2D eigenvalue weighted by atomic mass is 32.2. The number of para-hydroxylation sites is 1. The predicted octanol–water partition coefficient (Wildman–Crippen LogP) is 2.18. The summed E-state index contributed by atoms with van der Waals surface area (Å²) in [4.78, 5) is 30.8. The van der Waals surface area contributed by atoms with Crippen molar-refractivity contribution < 1.29 is 17.9 Å². The number of thioether (sulfide) groups is 1. The summed E-state index contributed by atoms with van der Waals surface area (Å²) >= 11 is 1.15. The largest absolute Gasteiger partial charge is 0.497 e. The van der Waals surface area contributed by atoms with Crippen molar-refractivity contribution in [3.05, 3.63) is 58.9 Å². The van der Waals surface area contributed by atoms with E-state index in [1.54, 1.807) is 62.6 Å². The van der Waals surface area contributed by atoms with Crippen molar-refractivity contribution >= 4 is 38.4 Å². The average molecular weight is 474 g/mol. The number of nitrogens with zero attached hydrogens (tertiary/aromatic N) is 2. The van der Waals surface area contributed by atoms with Gasteiger partial charge >= 0.3 is 0 Å². The van der Waals surface area contributed by atoms with Gasteiger partial charge in [0.05, 0.1) is 40.5 Å². The molecule has 0 radical (unpaired) electrons. The standard InChI is InChI=1S/C22H23N3O5S2/c1-14(20(26)23-15-10-11-32(28,29)13-15)31-22-24-19-9-4-3-8-18(19)21(27)25(22)16-6-5-7-17(12-16)30-2/h3-9,12,14-15H,10-11,13H2,1-2H3,(H,23,26). The Balaban J connectivity index is 1.69. The molecule has 2 heterocycles. The van der Waals surface area contributed by atoms with Crippen LogP contribution in [0.2, 0.25) is 0 Å². The number of hydrogen-bond donors (Lipinski definition) is 1. The molecule has 0 aliphatic carbocycles. The molecule has 2 unspecified atom stereocenters. The molecule has 2 aromatic carbocycles. The Kier molecular flexibility index (Phi) is 6.25. The average Bonchev–Trinajstić information content (AvgIpc) is 3.12. The van der Waals surface area contributed by atoms with Crippen molar-refractivity contribution in [1.29, 1.82) is 0 Å². The third-order valence-electron chi connectivity index (χ3n) is 5.29. The maximum atomic E-state index is 13.4. The Morgan fingerprint density at radius 3 is 2.75 bits per heavy atom. The van der Waals surface area contributed by atoms with Crippen LogP contribution in [0.4, 0.5) is 0 Å². The smallest absolute Gasteiger partial charge is 0.266 e. The number of ether oxygens (including phenoxy) is 1. The molecule has 0 spiro atoms. The fraction of sp³-hybridized carbons (Fsp3) is 0.318. The van der Waals surface area contributed by atoms with Gasteiger partial charge in [-0.15, -0.1) is 0 Å². The number of methoxy groups -OCH3 is 1. The number of sulfone groups is 1. The van der Waals surface area contributed by atoms with Gasteiger partial charge in [0, 0.05) is 12.1 Å². The quantitative estimate of drug-likeness (QED) is 0.432. The maximum Gasteiger partial charge on any atom is 0.266 e. The van der Waals surface area contributed by atoms with Gasteiger partial charge in [-0.3, -0.25) is 14.2 Å². The molecular formula is C22H23N3O5S2. The minimum absolute atomic E-state index is 0.0428. The molecule has 1 saturated heterocycles. The second kappa shape index (κ2) is 8.95. The van der Waals surface area contributed by atoms with Gasteiger partial charge in [0.1, 0.15) is 5.75 Å². The number of nitrogens with one attached hydrogen (secondary N) is 1. The van der Waals surface area contributed by atoms with E-state index in [-0.39, 0.29) is 29.0 Å². The number of benzene rings is 2. The van der Waals surface area contributed by atoms with Crippen molar-refractivity contribution in [3.63, 3.8) is 0 Å². The number of amides is 1. The highest BCUT2D eigenvalue weighted by Crippen LogP contribution is 2.27. The van der Waals surface area contributed by atoms with E-state index in [1.807, 2.05) is 0 Å². The number of rotatable bonds is 6. The first-order valence-corrected chi connectivity index (χ1v) is 12.8. The summed E-state index contributed by atoms with van der Waals surface area (Å²) < 4.78 is 30.1. The molecule has 168 valence electrons. The highest BCUT2D eigenvalue weighted by molar-refractivity contribution is 8.00. The topological polar surface area (TPSA) is 107 Å². The lowest BCUT2D eigenvalue weighted by Crippen LogP contribution is -2.40. The van der Waals surface area contributed by atoms with Crippen LogP contribution < -0.4 is 15.6 Å². The molecule has 3 aromatic rings. The molecule has 1 fully saturated rings. The zero-order chi connectivity index (χ0) is 22.9. The van der Waals surface area contributed by atoms with Crippen molar-refractivity contribution in [2.75, 3.05) is 18.6 Å². The molecule has 32 heavy (non-hydrogen) atoms. The Morgan fingerprint density at radius 2 is 2.03 bits per heavy atom. The number of carbonyl (C=O) groups excluding carboxylic acids is 1. The van der Waals surface area contributed by atoms with E-state index < -0.39 is 15.1 Å². The minimum Gasteiger partial charge on any atom is -0.497 e. The van der Waals surface area contributed by atoms with Crippen LogP contribution >= 0.6 is 11.8 Å². The van der Waals surface area contributed by atoms with Crippen LogP contribution in [-0.2, 0) is 14.6 Å². The maximum absolute atomic E-state index is 13.4. The van der Waals surface area contributed by atoms with Gasteiger partial charge in [0.2, 0.25) is 5.91 Å². The summed E-state index contributed by atoms with van der Waals surface area (Å²) in [6, 6.07) is 13.7. The van der Waals surface area contributed by atoms with Crippen molar-refractivity contribution in [2.24, 2.45) is 0 Å². The van der Waals surface area contributed by atoms with E-state index in [0.717, 1.165) is 11.8 Å². The molecule has 1 aromatic heterocycles. The van der Waals surface area contributed by atoms with Gasteiger partial charge in [-0.25, -0.2) is 13.4 Å². The van der Waals surface area contributed by atoms with Gasteiger partial charge in [-0.05, 0) is 37.6 Å². The van der Waals surface area contributed by atoms with Crippen LogP contribution in [0.25, 0.3) is 16.6 Å². The lowest BCUT2D eigenvalue weighted by atomic mass is 10.2. The number of aromatic nitrogens is 2. The van der Waals surface area contributed by atoms with Gasteiger partial charge in [-0.2, -0.15) is 0 Å². The zero-order valence-electron chi connectivity index (χ0n) is 17.6. The molecule has 0 bridgehead atoms. The predicted molar refractivity (Wildman–Crippen MR) is 124 cm³/mol. The van der Waals surface area contributed by atoms with Crippen LogP contribution in [0.1, 0.15) is 13.3 Å². The Hall–Kier alpha value is -2.85. The van der Waals surface area contributed by atoms with E-state index >= 15 is 0 Å². The van der Waals surface area contributed by atoms with Crippen LogP contribution in [0.5, 0.6) is 5.75 Å². The molecule has 1 N–H and O–H groups in total. The molecule has 1 amide bonds. The number of fused-ring (bicyclic) bond motifs is 1. The Labute approximate surface area is 189 Å². The van der Waals surface area contributed by atoms with Crippen LogP contribution in [-0.4, -0.2) is 53.8 Å². The SMILES string of the molecule is COc1cccc(-n2c(SC(C)C(=O)NC3CCS(=O)(=O)C3)nc3ccccc3c2=O)c1. The Bertz CT molecular complexity index is 1340. The fourth-order valence-electron chi connectivity index (χ4n) is 3.61. The summed E-state index contributed by atoms with van der Waals surface area (Å²) in [7, 11) is -1.55. The zero-order valence-corrected chi connectivity index (χ0v) is 19.3. The Morgan fingerprint density at radius 1 is 1.25 bits per heavy atom. The third kappa shape index (κ3) is 4.66. The first-order valence-electron chi connectivity index (χ1n) is 10.1. The third-order valence-corrected chi connectivity index (χ3v) is 8.11. The van der Waals surface area contributed by atoms with E-state index in [1.165, 1.54) is 4.57 Å². The van der Waals surface area contributed by atoms with E-state index in [9.17, 15) is 18.0 Å². The second-order valence-electron chi connectivity index (χ2n) is 7.62. The van der Waals surface area contributed by atoms with Gasteiger partial charge in [0.15, 0.2) is 15.0 Å². The minimum atomic E-state index is -3.10. The fourth-order valence-corrected chi connectivity index (χ4v) is 6.22. The lowest BCUT2D eigenvalue weighted by Gasteiger charge is -2.18. The van der Waals surface area contributed by atoms with Crippen LogP contribution in [0.3, 0.4) is 0 Å². The molecule has 1 aliphatic rings. The first-order chi connectivity index (χ1) is 15.3. The number of carbonyl (C=O) groups is 1. The molecule has 2 atom stereocenters. The molecule has 10 heteroatoms. The molecular weight excluding hydrogens is 450 g/mol. The molecule has 8 nitrogen and oxygen atoms in total. The summed E-state index contributed by atoms with van der Waals surface area (Å²) in [6.45, 7) is 1.71. The van der Waals surface area contributed by atoms with Gasteiger partial charge in [-0.1, -0.05) is 30.0 Å². The summed E-state index contributed by atoms with van der Waals surface area (Å²) in [5.41, 5.74) is 0.860. The van der Waals surface area contributed by atoms with Crippen molar-refractivity contribution in [3.8, 4) is 11.4 Å². The summed E-state index contributed by atoms with van der Waals surface area (Å²) in [5.74, 6) is 0.336. The van der Waals surface area contributed by atoms with E-state index in [0.29, 0.717) is 33.9 Å². The van der Waals surface area contributed by atoms with E-state index in [4.69, 9.17) is 4.74 Å². The monoisotopic (exact) mass is 473 g/mol. The summed E-state index contributed by atoms with van der Waals surface area (Å²) in [6.07, 6.45) is 0.411. The number of hydrogen-bond acceptors (Lipinski definition) is 7. The normalized spacial score (nSPS) is 18.4. The lowest BCUT2D eigenvalue weighted by molar-refractivity contribution is -0.120. The molecule has 1 aliphatic heterocycles. The second-order valence-corrected chi connectivity index (χ2v) is 11.2. The van der Waals surface area contributed by atoms with Crippen molar-refractivity contribution in [2.45, 2.75) is 29.8 Å². The van der Waals surface area contributed by atoms with Crippen LogP contribution in [0, 0.1) is 0 Å². The van der Waals surface area contributed by atoms with Crippen molar-refractivity contribution in [1.82, 2.24) is 14.9 Å². The van der Waals surface area contributed by atoms with E-state index in [2.05, 4.69) is 10.3 Å². The first kappa shape index (κ1) is 22.3. The van der Waals surface area contributed by atoms with Gasteiger partial charge < -0.3 is 10.1 Å². The molecule has 0 saturated carbocycles. The highest BCUT2D eigenvalue weighted by Gasteiger charge is 2.30. The summed E-state index contributed by atoms with van der Waals surface area (Å²) in [5, 5.41) is 3.05. The van der Waals surface area contributed by atoms with Crippen LogP contribution in [0.15, 0.2) is 58.5 Å². The molecule has 4 rings (SSSR count).